The third-order valence-corrected chi connectivity index (χ3v) is 3.74. The van der Waals surface area contributed by atoms with Crippen molar-refractivity contribution in [2.45, 2.75) is 51.7 Å². The van der Waals surface area contributed by atoms with Crippen LogP contribution in [-0.2, 0) is 19.1 Å². The first kappa shape index (κ1) is 20.5. The van der Waals surface area contributed by atoms with Crippen LogP contribution in [0.25, 0.3) is 0 Å². The predicted octanol–water partition coefficient (Wildman–Crippen LogP) is 1.21. The average molecular weight is 379 g/mol. The van der Waals surface area contributed by atoms with E-state index in [2.05, 4.69) is 10.3 Å². The topological polar surface area (TPSA) is 130 Å². The smallest absolute Gasteiger partial charge is 0.328 e. The summed E-state index contributed by atoms with van der Waals surface area (Å²) in [6.07, 6.45) is 1.97. The zero-order valence-corrected chi connectivity index (χ0v) is 15.5. The highest BCUT2D eigenvalue weighted by atomic mass is 16.5. The van der Waals surface area contributed by atoms with E-state index >= 15 is 0 Å². The molecule has 2 rings (SSSR count). The number of nitrogens with zero attached hydrogens (tertiary/aromatic N) is 1. The largest absolute Gasteiger partial charge is 0.473 e. The third kappa shape index (κ3) is 6.43. The molecule has 0 bridgehead atoms. The average Bonchev–Trinajstić information content (AvgIpc) is 3.44. The molecule has 1 aliphatic carbocycles. The van der Waals surface area contributed by atoms with Crippen molar-refractivity contribution in [1.82, 2.24) is 10.3 Å². The number of ether oxygens (including phenoxy) is 3. The van der Waals surface area contributed by atoms with Gasteiger partial charge in [0.1, 0.15) is 17.8 Å². The van der Waals surface area contributed by atoms with E-state index < -0.39 is 23.9 Å². The third-order valence-electron chi connectivity index (χ3n) is 3.74. The zero-order chi connectivity index (χ0) is 19.8. The Hall–Kier alpha value is -2.84. The lowest BCUT2D eigenvalue weighted by molar-refractivity contribution is -0.146. The van der Waals surface area contributed by atoms with Crippen molar-refractivity contribution in [3.63, 3.8) is 0 Å². The van der Waals surface area contributed by atoms with Crippen LogP contribution < -0.4 is 15.8 Å². The summed E-state index contributed by atoms with van der Waals surface area (Å²) in [5.41, 5.74) is 6.22. The number of nitrogen functional groups attached to an aromatic ring is 1. The van der Waals surface area contributed by atoms with Crippen LogP contribution in [0.3, 0.4) is 0 Å². The summed E-state index contributed by atoms with van der Waals surface area (Å²) in [6.45, 7) is 3.75. The quantitative estimate of drug-likeness (QED) is 0.580. The Morgan fingerprint density at radius 3 is 2.56 bits per heavy atom. The highest BCUT2D eigenvalue weighted by molar-refractivity contribution is 5.95. The molecule has 0 spiro atoms. The van der Waals surface area contributed by atoms with Gasteiger partial charge in [0.2, 0.25) is 5.88 Å². The molecule has 148 valence electrons. The van der Waals surface area contributed by atoms with Gasteiger partial charge in [-0.25, -0.2) is 9.78 Å². The van der Waals surface area contributed by atoms with Crippen LogP contribution in [0.5, 0.6) is 5.88 Å². The number of hydrogen-bond acceptors (Lipinski definition) is 8. The normalized spacial score (nSPS) is 14.1. The van der Waals surface area contributed by atoms with Gasteiger partial charge in [-0.1, -0.05) is 0 Å². The maximum Gasteiger partial charge on any atom is 0.328 e. The minimum absolute atomic E-state index is 0.0250. The summed E-state index contributed by atoms with van der Waals surface area (Å²) in [5, 5.41) is 2.55. The summed E-state index contributed by atoms with van der Waals surface area (Å²) in [7, 11) is 0. The molecule has 0 aromatic carbocycles. The van der Waals surface area contributed by atoms with Crippen LogP contribution in [0, 0.1) is 0 Å². The number of esters is 2. The molecule has 1 aromatic rings. The lowest BCUT2D eigenvalue weighted by Gasteiger charge is -2.17. The van der Waals surface area contributed by atoms with Crippen LogP contribution in [0.1, 0.15) is 50.0 Å². The fraction of sp³-hybridized carbons (Fsp3) is 0.556. The zero-order valence-electron chi connectivity index (χ0n) is 15.5. The Bertz CT molecular complexity index is 690. The van der Waals surface area contributed by atoms with Gasteiger partial charge in [0.25, 0.3) is 5.91 Å². The van der Waals surface area contributed by atoms with Gasteiger partial charge >= 0.3 is 11.9 Å². The molecule has 0 aliphatic heterocycles. The number of anilines is 1. The molecule has 1 atom stereocenters. The maximum atomic E-state index is 12.5. The lowest BCUT2D eigenvalue weighted by Crippen LogP contribution is -2.42. The van der Waals surface area contributed by atoms with Crippen molar-refractivity contribution < 1.29 is 28.6 Å². The van der Waals surface area contributed by atoms with E-state index in [1.54, 1.807) is 13.8 Å². The number of pyridine rings is 1. The van der Waals surface area contributed by atoms with Gasteiger partial charge in [-0.05, 0) is 45.2 Å². The summed E-state index contributed by atoms with van der Waals surface area (Å²) in [5.74, 6) is -1.46. The van der Waals surface area contributed by atoms with E-state index in [9.17, 15) is 14.4 Å². The highest BCUT2D eigenvalue weighted by Crippen LogP contribution is 2.29. The molecule has 1 aromatic heterocycles. The first-order chi connectivity index (χ1) is 12.9. The number of hydrogen-bond donors (Lipinski definition) is 2. The molecule has 9 nitrogen and oxygen atoms in total. The molecule has 1 fully saturated rings. The van der Waals surface area contributed by atoms with Gasteiger partial charge in [-0.3, -0.25) is 9.59 Å². The molecule has 1 unspecified atom stereocenters. The van der Waals surface area contributed by atoms with Gasteiger partial charge in [-0.15, -0.1) is 0 Å². The van der Waals surface area contributed by atoms with Crippen molar-refractivity contribution in [2.24, 2.45) is 0 Å². The fourth-order valence-corrected chi connectivity index (χ4v) is 2.24. The molecule has 1 aliphatic rings. The Morgan fingerprint density at radius 1 is 1.22 bits per heavy atom. The Labute approximate surface area is 157 Å². The van der Waals surface area contributed by atoms with E-state index in [0.717, 1.165) is 12.8 Å². The number of rotatable bonds is 10. The Kier molecular flexibility index (Phi) is 7.39. The predicted molar refractivity (Wildman–Crippen MR) is 96.1 cm³/mol. The first-order valence-corrected chi connectivity index (χ1v) is 9.00. The standard InChI is InChI=1S/C18H25N3O6/c1-3-25-15(22)10-9-14(18(24)26-4-2)20-16(23)13-8-7-12(19)17(21-13)27-11-5-6-11/h7-8,11,14H,3-6,9-10,19H2,1-2H3,(H,20,23). The monoisotopic (exact) mass is 379 g/mol. The number of carbonyl (C=O) groups is 3. The van der Waals surface area contributed by atoms with Crippen molar-refractivity contribution in [3.8, 4) is 5.88 Å². The summed E-state index contributed by atoms with van der Waals surface area (Å²) in [4.78, 5) is 40.3. The van der Waals surface area contributed by atoms with E-state index in [4.69, 9.17) is 19.9 Å². The molecule has 0 saturated heterocycles. The summed E-state index contributed by atoms with van der Waals surface area (Å²) in [6, 6.07) is 1.98. The number of carbonyl (C=O) groups excluding carboxylic acids is 3. The van der Waals surface area contributed by atoms with Crippen molar-refractivity contribution in [1.29, 1.82) is 0 Å². The lowest BCUT2D eigenvalue weighted by atomic mass is 10.1. The molecule has 3 N–H and O–H groups in total. The summed E-state index contributed by atoms with van der Waals surface area (Å²) < 4.78 is 15.4. The van der Waals surface area contributed by atoms with Crippen LogP contribution >= 0.6 is 0 Å². The highest BCUT2D eigenvalue weighted by Gasteiger charge is 2.27. The van der Waals surface area contributed by atoms with Crippen LogP contribution in [0.4, 0.5) is 5.69 Å². The maximum absolute atomic E-state index is 12.5. The molecule has 9 heteroatoms. The molecule has 1 saturated carbocycles. The second-order valence-electron chi connectivity index (χ2n) is 6.03. The molecule has 0 radical (unpaired) electrons. The van der Waals surface area contributed by atoms with Crippen molar-refractivity contribution in [2.75, 3.05) is 18.9 Å². The number of aromatic nitrogens is 1. The van der Waals surface area contributed by atoms with Crippen molar-refractivity contribution in [3.05, 3.63) is 17.8 Å². The van der Waals surface area contributed by atoms with E-state index in [0.29, 0.717) is 5.69 Å². The SMILES string of the molecule is CCOC(=O)CCC(NC(=O)c1ccc(N)c(OC2CC2)n1)C(=O)OCC. The first-order valence-electron chi connectivity index (χ1n) is 9.00. The second kappa shape index (κ2) is 9.75. The number of amides is 1. The Morgan fingerprint density at radius 2 is 1.93 bits per heavy atom. The van der Waals surface area contributed by atoms with Crippen molar-refractivity contribution >= 4 is 23.5 Å². The van der Waals surface area contributed by atoms with E-state index in [1.807, 2.05) is 0 Å². The van der Waals surface area contributed by atoms with Crippen LogP contribution in [0.2, 0.25) is 0 Å². The molecular formula is C18H25N3O6. The van der Waals surface area contributed by atoms with Crippen LogP contribution in [-0.4, -0.2) is 48.2 Å². The fourth-order valence-electron chi connectivity index (χ4n) is 2.24. The minimum Gasteiger partial charge on any atom is -0.473 e. The number of nitrogens with two attached hydrogens (primary N) is 1. The second-order valence-corrected chi connectivity index (χ2v) is 6.03. The molecule has 27 heavy (non-hydrogen) atoms. The molecule has 1 amide bonds. The summed E-state index contributed by atoms with van der Waals surface area (Å²) >= 11 is 0. The minimum atomic E-state index is -0.992. The van der Waals surface area contributed by atoms with Gasteiger partial charge in [0.05, 0.1) is 18.9 Å². The van der Waals surface area contributed by atoms with E-state index in [1.165, 1.54) is 12.1 Å². The van der Waals surface area contributed by atoms with Gasteiger partial charge in [-0.2, -0.15) is 0 Å². The van der Waals surface area contributed by atoms with E-state index in [-0.39, 0.29) is 43.7 Å². The van der Waals surface area contributed by atoms with Gasteiger partial charge in [0.15, 0.2) is 0 Å². The Balaban J connectivity index is 2.04. The van der Waals surface area contributed by atoms with Gasteiger partial charge < -0.3 is 25.3 Å². The molecular weight excluding hydrogens is 354 g/mol. The van der Waals surface area contributed by atoms with Crippen LogP contribution in [0.15, 0.2) is 12.1 Å². The number of nitrogens with one attached hydrogen (secondary N) is 1. The van der Waals surface area contributed by atoms with Gasteiger partial charge in [0, 0.05) is 6.42 Å². The molecule has 1 heterocycles.